The Morgan fingerprint density at radius 1 is 0.905 bits per heavy atom. The molecule has 0 saturated heterocycles. The van der Waals surface area contributed by atoms with E-state index in [2.05, 4.69) is 60.7 Å². The van der Waals surface area contributed by atoms with Gasteiger partial charge in [0.2, 0.25) is 6.79 Å². The summed E-state index contributed by atoms with van der Waals surface area (Å²) in [7, 11) is 4.11. The highest BCUT2D eigenvalue weighted by atomic mass is 16.7. The van der Waals surface area contributed by atoms with Gasteiger partial charge >= 0.3 is 0 Å². The van der Waals surface area contributed by atoms with Crippen LogP contribution in [0.5, 0.6) is 11.5 Å². The summed E-state index contributed by atoms with van der Waals surface area (Å²) in [6, 6.07) is 14.8. The molecule has 110 valence electrons. The van der Waals surface area contributed by atoms with Gasteiger partial charge in [-0.1, -0.05) is 12.1 Å². The lowest BCUT2D eigenvalue weighted by molar-refractivity contribution is -0.686. The first-order chi connectivity index (χ1) is 10.2. The van der Waals surface area contributed by atoms with Gasteiger partial charge in [0, 0.05) is 30.9 Å². The number of nitrogens with zero attached hydrogens (tertiary/aromatic N) is 1. The fourth-order valence-corrected chi connectivity index (χ4v) is 2.40. The van der Waals surface area contributed by atoms with E-state index in [1.807, 2.05) is 6.07 Å². The van der Waals surface area contributed by atoms with Crippen LogP contribution >= 0.6 is 0 Å². The van der Waals surface area contributed by atoms with Crippen LogP contribution in [-0.4, -0.2) is 20.9 Å². The smallest absolute Gasteiger partial charge is 0.231 e. The lowest BCUT2D eigenvalue weighted by Crippen LogP contribution is -2.80. The molecule has 1 aliphatic heterocycles. The van der Waals surface area contributed by atoms with Crippen LogP contribution in [0.1, 0.15) is 11.1 Å². The number of ether oxygens (including phenoxy) is 2. The molecule has 0 fully saturated rings. The molecule has 4 heteroatoms. The summed E-state index contributed by atoms with van der Waals surface area (Å²) in [4.78, 5) is 2.11. The molecule has 2 N–H and O–H groups in total. The Balaban J connectivity index is 1.54. The maximum atomic E-state index is 5.40. The van der Waals surface area contributed by atoms with Gasteiger partial charge in [0.25, 0.3) is 0 Å². The Morgan fingerprint density at radius 3 is 2.33 bits per heavy atom. The normalized spacial score (nSPS) is 12.5. The Hall–Kier alpha value is -2.20. The highest BCUT2D eigenvalue weighted by Gasteiger charge is 2.13. The molecule has 0 radical (unpaired) electrons. The van der Waals surface area contributed by atoms with Gasteiger partial charge < -0.3 is 19.7 Å². The van der Waals surface area contributed by atoms with Crippen LogP contribution in [0, 0.1) is 0 Å². The van der Waals surface area contributed by atoms with Crippen molar-refractivity contribution in [1.82, 2.24) is 0 Å². The Kier molecular flexibility index (Phi) is 3.97. The van der Waals surface area contributed by atoms with E-state index in [9.17, 15) is 0 Å². The van der Waals surface area contributed by atoms with E-state index in [0.717, 1.165) is 24.6 Å². The van der Waals surface area contributed by atoms with Crippen LogP contribution in [0.4, 0.5) is 5.69 Å². The van der Waals surface area contributed by atoms with Gasteiger partial charge in [0.15, 0.2) is 11.5 Å². The molecule has 3 rings (SSSR count). The SMILES string of the molecule is CN(C)c1ccc(C[NH2+]Cc2ccc3c(c2)OCO3)cc1. The zero-order chi connectivity index (χ0) is 14.7. The fraction of sp³-hybridized carbons (Fsp3) is 0.294. The number of hydrogen-bond acceptors (Lipinski definition) is 3. The van der Waals surface area contributed by atoms with Crippen molar-refractivity contribution in [2.24, 2.45) is 0 Å². The Morgan fingerprint density at radius 2 is 1.57 bits per heavy atom. The van der Waals surface area contributed by atoms with E-state index in [4.69, 9.17) is 9.47 Å². The zero-order valence-corrected chi connectivity index (χ0v) is 12.5. The topological polar surface area (TPSA) is 38.3 Å². The average molecular weight is 285 g/mol. The summed E-state index contributed by atoms with van der Waals surface area (Å²) in [6.45, 7) is 2.24. The maximum Gasteiger partial charge on any atom is 0.231 e. The van der Waals surface area contributed by atoms with Gasteiger partial charge in [-0.3, -0.25) is 0 Å². The molecule has 0 amide bonds. The van der Waals surface area contributed by atoms with E-state index in [1.54, 1.807) is 0 Å². The van der Waals surface area contributed by atoms with Crippen LogP contribution in [-0.2, 0) is 13.1 Å². The highest BCUT2D eigenvalue weighted by molar-refractivity contribution is 5.46. The summed E-state index contributed by atoms with van der Waals surface area (Å²) in [5.74, 6) is 1.70. The average Bonchev–Trinajstić information content (AvgIpc) is 2.95. The zero-order valence-electron chi connectivity index (χ0n) is 12.5. The van der Waals surface area contributed by atoms with E-state index in [-0.39, 0.29) is 0 Å². The van der Waals surface area contributed by atoms with Gasteiger partial charge in [-0.25, -0.2) is 0 Å². The molecule has 0 aliphatic carbocycles. The lowest BCUT2D eigenvalue weighted by atomic mass is 10.1. The van der Waals surface area contributed by atoms with Crippen LogP contribution in [0.3, 0.4) is 0 Å². The van der Waals surface area contributed by atoms with Crippen molar-refractivity contribution in [1.29, 1.82) is 0 Å². The molecule has 1 aliphatic rings. The summed E-state index contributed by atoms with van der Waals surface area (Å²) in [5, 5.41) is 2.29. The molecule has 0 aromatic heterocycles. The monoisotopic (exact) mass is 285 g/mol. The first-order valence-electron chi connectivity index (χ1n) is 7.19. The molecule has 0 saturated carbocycles. The minimum absolute atomic E-state index is 0.334. The standard InChI is InChI=1S/C17H20N2O2/c1-19(2)15-6-3-13(4-7-15)10-18-11-14-5-8-16-17(9-14)21-12-20-16/h3-9,18H,10-12H2,1-2H3/p+1. The predicted octanol–water partition coefficient (Wildman–Crippen LogP) is 1.74. The Labute approximate surface area is 125 Å². The largest absolute Gasteiger partial charge is 0.454 e. The maximum absolute atomic E-state index is 5.40. The van der Waals surface area contributed by atoms with Crippen molar-refractivity contribution < 1.29 is 14.8 Å². The van der Waals surface area contributed by atoms with Crippen LogP contribution in [0.15, 0.2) is 42.5 Å². The van der Waals surface area contributed by atoms with Crippen molar-refractivity contribution in [2.75, 3.05) is 25.8 Å². The van der Waals surface area contributed by atoms with Gasteiger partial charge in [0.1, 0.15) is 13.1 Å². The number of quaternary nitrogens is 1. The molecule has 0 bridgehead atoms. The number of hydrogen-bond donors (Lipinski definition) is 1. The van der Waals surface area contributed by atoms with E-state index in [0.29, 0.717) is 6.79 Å². The van der Waals surface area contributed by atoms with Crippen molar-refractivity contribution in [2.45, 2.75) is 13.1 Å². The molecule has 0 spiro atoms. The van der Waals surface area contributed by atoms with E-state index < -0.39 is 0 Å². The number of benzene rings is 2. The third-order valence-corrected chi connectivity index (χ3v) is 3.65. The van der Waals surface area contributed by atoms with Gasteiger partial charge in [0.05, 0.1) is 0 Å². The molecule has 1 heterocycles. The van der Waals surface area contributed by atoms with Crippen molar-refractivity contribution in [3.05, 3.63) is 53.6 Å². The molecule has 0 unspecified atom stereocenters. The van der Waals surface area contributed by atoms with Gasteiger partial charge in [-0.15, -0.1) is 0 Å². The number of fused-ring (bicyclic) bond motifs is 1. The lowest BCUT2D eigenvalue weighted by Gasteiger charge is -2.12. The predicted molar refractivity (Wildman–Crippen MR) is 82.7 cm³/mol. The summed E-state index contributed by atoms with van der Waals surface area (Å²) in [5.41, 5.74) is 3.82. The van der Waals surface area contributed by atoms with E-state index in [1.165, 1.54) is 16.8 Å². The molecule has 2 aromatic carbocycles. The first-order valence-corrected chi connectivity index (χ1v) is 7.19. The third kappa shape index (κ3) is 3.28. The van der Waals surface area contributed by atoms with Crippen molar-refractivity contribution >= 4 is 5.69 Å². The summed E-state index contributed by atoms with van der Waals surface area (Å²) in [6.07, 6.45) is 0. The Bertz CT molecular complexity index is 609. The van der Waals surface area contributed by atoms with Crippen molar-refractivity contribution in [3.8, 4) is 11.5 Å². The van der Waals surface area contributed by atoms with Gasteiger partial charge in [-0.05, 0) is 30.3 Å². The molecular formula is C17H21N2O2+. The van der Waals surface area contributed by atoms with Crippen LogP contribution < -0.4 is 19.7 Å². The second-order valence-corrected chi connectivity index (χ2v) is 5.45. The summed E-state index contributed by atoms with van der Waals surface area (Å²) < 4.78 is 10.7. The number of anilines is 1. The van der Waals surface area contributed by atoms with Crippen LogP contribution in [0.25, 0.3) is 0 Å². The minimum Gasteiger partial charge on any atom is -0.454 e. The first kappa shape index (κ1) is 13.8. The number of nitrogens with two attached hydrogens (primary N) is 1. The quantitative estimate of drug-likeness (QED) is 0.909. The molecular weight excluding hydrogens is 264 g/mol. The second-order valence-electron chi connectivity index (χ2n) is 5.45. The second kappa shape index (κ2) is 6.06. The molecule has 4 nitrogen and oxygen atoms in total. The van der Waals surface area contributed by atoms with Crippen molar-refractivity contribution in [3.63, 3.8) is 0 Å². The van der Waals surface area contributed by atoms with Gasteiger partial charge in [-0.2, -0.15) is 0 Å². The highest BCUT2D eigenvalue weighted by Crippen LogP contribution is 2.32. The minimum atomic E-state index is 0.334. The molecule has 2 aromatic rings. The molecule has 21 heavy (non-hydrogen) atoms. The third-order valence-electron chi connectivity index (χ3n) is 3.65. The van der Waals surface area contributed by atoms with Crippen LogP contribution in [0.2, 0.25) is 0 Å². The molecule has 0 atom stereocenters. The number of rotatable bonds is 5. The van der Waals surface area contributed by atoms with E-state index >= 15 is 0 Å². The summed E-state index contributed by atoms with van der Waals surface area (Å²) >= 11 is 0. The fourth-order valence-electron chi connectivity index (χ4n) is 2.40.